The van der Waals surface area contributed by atoms with Crippen molar-refractivity contribution in [1.29, 1.82) is 0 Å². The summed E-state index contributed by atoms with van der Waals surface area (Å²) >= 11 is 3.37. The van der Waals surface area contributed by atoms with Gasteiger partial charge in [-0.25, -0.2) is 9.97 Å². The Labute approximate surface area is 161 Å². The molecule has 138 valence electrons. The Kier molecular flexibility index (Phi) is 6.03. The molecule has 0 aromatic carbocycles. The number of hydrogen-bond acceptors (Lipinski definition) is 6. The third-order valence-electron chi connectivity index (χ3n) is 4.59. The Morgan fingerprint density at radius 1 is 1.31 bits per heavy atom. The van der Waals surface area contributed by atoms with E-state index in [0.29, 0.717) is 17.4 Å². The molecule has 2 aromatic rings. The van der Waals surface area contributed by atoms with Gasteiger partial charge >= 0.3 is 0 Å². The Morgan fingerprint density at radius 3 is 2.73 bits per heavy atom. The summed E-state index contributed by atoms with van der Waals surface area (Å²) < 4.78 is 6.10. The van der Waals surface area contributed by atoms with Gasteiger partial charge in [-0.1, -0.05) is 0 Å². The Morgan fingerprint density at radius 2 is 2.04 bits per heavy atom. The number of rotatable bonds is 5. The summed E-state index contributed by atoms with van der Waals surface area (Å²) in [5.74, 6) is 1.82. The van der Waals surface area contributed by atoms with Crippen molar-refractivity contribution in [2.24, 2.45) is 5.92 Å². The van der Waals surface area contributed by atoms with Gasteiger partial charge in [-0.05, 0) is 40.8 Å². The number of likely N-dealkylation sites (tertiary alicyclic amines) is 1. The SMILES string of the molecule is COc1nccnc1N(C)CC1CCN(C(=O)c2cncc(Br)c2)CC1. The molecule has 26 heavy (non-hydrogen) atoms. The second-order valence-electron chi connectivity index (χ2n) is 6.40. The molecule has 0 radical (unpaired) electrons. The molecule has 0 aliphatic carbocycles. The van der Waals surface area contributed by atoms with Crippen LogP contribution in [-0.4, -0.2) is 59.6 Å². The van der Waals surface area contributed by atoms with Gasteiger partial charge in [-0.3, -0.25) is 9.78 Å². The number of piperidine rings is 1. The van der Waals surface area contributed by atoms with Crippen molar-refractivity contribution in [2.75, 3.05) is 38.7 Å². The van der Waals surface area contributed by atoms with E-state index in [-0.39, 0.29) is 5.91 Å². The van der Waals surface area contributed by atoms with Crippen molar-refractivity contribution in [3.05, 3.63) is 40.9 Å². The van der Waals surface area contributed by atoms with Crippen LogP contribution in [0.25, 0.3) is 0 Å². The number of amides is 1. The fourth-order valence-corrected chi connectivity index (χ4v) is 3.59. The third-order valence-corrected chi connectivity index (χ3v) is 5.02. The summed E-state index contributed by atoms with van der Waals surface area (Å²) in [5.41, 5.74) is 0.624. The van der Waals surface area contributed by atoms with E-state index < -0.39 is 0 Å². The lowest BCUT2D eigenvalue weighted by Crippen LogP contribution is -2.41. The summed E-state index contributed by atoms with van der Waals surface area (Å²) in [6, 6.07) is 1.82. The van der Waals surface area contributed by atoms with Crippen LogP contribution in [0.1, 0.15) is 23.2 Å². The van der Waals surface area contributed by atoms with Gasteiger partial charge in [0.05, 0.1) is 12.7 Å². The molecule has 1 aliphatic rings. The summed E-state index contributed by atoms with van der Waals surface area (Å²) in [7, 11) is 3.60. The van der Waals surface area contributed by atoms with Crippen molar-refractivity contribution >= 4 is 27.7 Å². The van der Waals surface area contributed by atoms with E-state index in [2.05, 4.69) is 35.8 Å². The molecule has 3 rings (SSSR count). The number of methoxy groups -OCH3 is 1. The minimum absolute atomic E-state index is 0.0428. The van der Waals surface area contributed by atoms with E-state index in [4.69, 9.17) is 4.74 Å². The van der Waals surface area contributed by atoms with E-state index >= 15 is 0 Å². The molecule has 0 spiro atoms. The zero-order valence-electron chi connectivity index (χ0n) is 14.9. The standard InChI is InChI=1S/C18H22BrN5O2/c1-23(16-17(26-2)22-6-5-21-16)12-13-3-7-24(8-4-13)18(25)14-9-15(19)11-20-10-14/h5-6,9-11,13H,3-4,7-8,12H2,1-2H3. The molecule has 0 N–H and O–H groups in total. The van der Waals surface area contributed by atoms with Crippen molar-refractivity contribution in [2.45, 2.75) is 12.8 Å². The molecule has 3 heterocycles. The maximum absolute atomic E-state index is 12.6. The molecular weight excluding hydrogens is 398 g/mol. The van der Waals surface area contributed by atoms with E-state index in [1.165, 1.54) is 0 Å². The molecule has 8 heteroatoms. The van der Waals surface area contributed by atoms with Crippen LogP contribution < -0.4 is 9.64 Å². The Hall–Kier alpha value is -2.22. The first-order valence-corrected chi connectivity index (χ1v) is 9.33. The third kappa shape index (κ3) is 4.30. The summed E-state index contributed by atoms with van der Waals surface area (Å²) in [6.45, 7) is 2.36. The maximum atomic E-state index is 12.6. The number of anilines is 1. The van der Waals surface area contributed by atoms with Gasteiger partial charge in [0.2, 0.25) is 0 Å². The van der Waals surface area contributed by atoms with Gasteiger partial charge < -0.3 is 14.5 Å². The summed E-state index contributed by atoms with van der Waals surface area (Å²) in [5, 5.41) is 0. The molecule has 1 aliphatic heterocycles. The molecule has 0 unspecified atom stereocenters. The zero-order valence-corrected chi connectivity index (χ0v) is 16.5. The quantitative estimate of drug-likeness (QED) is 0.741. The minimum Gasteiger partial charge on any atom is -0.478 e. The Bertz CT molecular complexity index is 765. The molecule has 0 bridgehead atoms. The highest BCUT2D eigenvalue weighted by atomic mass is 79.9. The highest BCUT2D eigenvalue weighted by Gasteiger charge is 2.25. The monoisotopic (exact) mass is 419 g/mol. The number of nitrogens with zero attached hydrogens (tertiary/aromatic N) is 5. The lowest BCUT2D eigenvalue weighted by atomic mass is 9.96. The van der Waals surface area contributed by atoms with Crippen molar-refractivity contribution < 1.29 is 9.53 Å². The van der Waals surface area contributed by atoms with Crippen LogP contribution >= 0.6 is 15.9 Å². The molecule has 7 nitrogen and oxygen atoms in total. The van der Waals surface area contributed by atoms with Gasteiger partial charge in [-0.2, -0.15) is 0 Å². The molecule has 2 aromatic heterocycles. The fraction of sp³-hybridized carbons (Fsp3) is 0.444. The first-order valence-electron chi connectivity index (χ1n) is 8.54. The first kappa shape index (κ1) is 18.6. The largest absolute Gasteiger partial charge is 0.478 e. The second kappa shape index (κ2) is 8.44. The number of halogens is 1. The molecular formula is C18H22BrN5O2. The van der Waals surface area contributed by atoms with Gasteiger partial charge in [0.15, 0.2) is 5.82 Å². The average Bonchev–Trinajstić information content (AvgIpc) is 2.68. The first-order chi connectivity index (χ1) is 12.6. The number of pyridine rings is 1. The number of aromatic nitrogens is 3. The van der Waals surface area contributed by atoms with Crippen LogP contribution in [0.2, 0.25) is 0 Å². The highest BCUT2D eigenvalue weighted by Crippen LogP contribution is 2.25. The van der Waals surface area contributed by atoms with Gasteiger partial charge in [-0.15, -0.1) is 0 Å². The van der Waals surface area contributed by atoms with Crippen molar-refractivity contribution in [3.63, 3.8) is 0 Å². The summed E-state index contributed by atoms with van der Waals surface area (Å²) in [4.78, 5) is 29.2. The van der Waals surface area contributed by atoms with Crippen LogP contribution in [-0.2, 0) is 0 Å². The van der Waals surface area contributed by atoms with Gasteiger partial charge in [0.25, 0.3) is 11.8 Å². The van der Waals surface area contributed by atoms with Crippen LogP contribution in [0, 0.1) is 5.92 Å². The van der Waals surface area contributed by atoms with Crippen LogP contribution in [0.5, 0.6) is 5.88 Å². The lowest BCUT2D eigenvalue weighted by Gasteiger charge is -2.34. The Balaban J connectivity index is 1.56. The summed E-state index contributed by atoms with van der Waals surface area (Å²) in [6.07, 6.45) is 8.51. The smallest absolute Gasteiger partial charge is 0.257 e. The number of carbonyl (C=O) groups excluding carboxylic acids is 1. The van der Waals surface area contributed by atoms with E-state index in [0.717, 1.165) is 42.8 Å². The maximum Gasteiger partial charge on any atom is 0.257 e. The molecule has 0 atom stereocenters. The minimum atomic E-state index is 0.0428. The van der Waals surface area contributed by atoms with Gasteiger partial charge in [0.1, 0.15) is 0 Å². The van der Waals surface area contributed by atoms with Crippen molar-refractivity contribution in [3.8, 4) is 5.88 Å². The lowest BCUT2D eigenvalue weighted by molar-refractivity contribution is 0.0692. The van der Waals surface area contributed by atoms with E-state index in [9.17, 15) is 4.79 Å². The molecule has 0 saturated carbocycles. The molecule has 1 fully saturated rings. The number of carbonyl (C=O) groups is 1. The van der Waals surface area contributed by atoms with E-state index in [1.807, 2.05) is 18.0 Å². The number of ether oxygens (including phenoxy) is 1. The normalized spacial score (nSPS) is 15.0. The zero-order chi connectivity index (χ0) is 18.5. The predicted molar refractivity (Wildman–Crippen MR) is 102 cm³/mol. The van der Waals surface area contributed by atoms with Crippen LogP contribution in [0.4, 0.5) is 5.82 Å². The second-order valence-corrected chi connectivity index (χ2v) is 7.31. The molecule has 1 amide bonds. The topological polar surface area (TPSA) is 71.5 Å². The average molecular weight is 420 g/mol. The van der Waals surface area contributed by atoms with Crippen molar-refractivity contribution in [1.82, 2.24) is 19.9 Å². The predicted octanol–water partition coefficient (Wildman–Crippen LogP) is 2.63. The van der Waals surface area contributed by atoms with Gasteiger partial charge in [0, 0.05) is 55.9 Å². The van der Waals surface area contributed by atoms with E-state index in [1.54, 1.807) is 31.9 Å². The van der Waals surface area contributed by atoms with Crippen LogP contribution in [0.3, 0.4) is 0 Å². The van der Waals surface area contributed by atoms with Crippen LogP contribution in [0.15, 0.2) is 35.3 Å². The highest BCUT2D eigenvalue weighted by molar-refractivity contribution is 9.10. The molecule has 1 saturated heterocycles. The number of hydrogen-bond donors (Lipinski definition) is 0. The fourth-order valence-electron chi connectivity index (χ4n) is 3.23.